The number of allylic oxidation sites excluding steroid dienone is 6. The Morgan fingerprint density at radius 2 is 0.813 bits per heavy atom. The monoisotopic (exact) mass is 2130 g/mol. The van der Waals surface area contributed by atoms with Gasteiger partial charge < -0.3 is 48.5 Å². The van der Waals surface area contributed by atoms with E-state index in [1.807, 2.05) is 60.7 Å². The molecule has 12 aromatic carbocycles. The zero-order valence-corrected chi connectivity index (χ0v) is 98.3. The first-order valence-electron chi connectivity index (χ1n) is 53.3. The van der Waals surface area contributed by atoms with Gasteiger partial charge in [0.05, 0.1) is 28.3 Å². The molecule has 1 aliphatic carbocycles. The Balaban J connectivity index is 0.000000612. The van der Waals surface area contributed by atoms with Crippen LogP contribution in [0.25, 0.3) is 33.2 Å². The summed E-state index contributed by atoms with van der Waals surface area (Å²) in [5, 5.41) is 10.5. The number of alkyl halides is 5. The second kappa shape index (κ2) is 85.6. The van der Waals surface area contributed by atoms with Gasteiger partial charge in [-0.3, -0.25) is 9.30 Å². The summed E-state index contributed by atoms with van der Waals surface area (Å²) in [6.45, 7) is 37.7. The normalized spacial score (nSPS) is 15.2. The Labute approximate surface area is 988 Å². The number of unbranched alkanes of at least 4 members (excludes halogenated alkanes) is 1. The summed E-state index contributed by atoms with van der Waals surface area (Å²) in [4.78, 5) is 1.50. The molecule has 2 saturated heterocycles. The van der Waals surface area contributed by atoms with Gasteiger partial charge in [0.1, 0.15) is 0 Å². The van der Waals surface area contributed by atoms with Crippen molar-refractivity contribution in [3.63, 3.8) is 0 Å². The van der Waals surface area contributed by atoms with E-state index in [1.54, 1.807) is 0 Å². The van der Waals surface area contributed by atoms with Gasteiger partial charge in [-0.25, -0.2) is 0 Å². The Morgan fingerprint density at radius 3 is 1.18 bits per heavy atom. The zero-order valence-electron chi connectivity index (χ0n) is 93.5. The average Bonchev–Trinajstić information content (AvgIpc) is 0.825. The molecule has 780 valence electrons. The van der Waals surface area contributed by atoms with Crippen LogP contribution < -0.4 is 86.1 Å². The van der Waals surface area contributed by atoms with Gasteiger partial charge in [-0.1, -0.05) is 516 Å². The maximum atomic E-state index is 9.96. The van der Waals surface area contributed by atoms with Gasteiger partial charge in [-0.05, 0) is 202 Å². The van der Waals surface area contributed by atoms with E-state index in [9.17, 15) is 9.50 Å². The molecule has 0 amide bonds. The van der Waals surface area contributed by atoms with Crippen molar-refractivity contribution in [3.05, 3.63) is 508 Å². The van der Waals surface area contributed by atoms with E-state index in [1.165, 1.54) is 153 Å². The molecule has 0 radical (unpaired) electrons. The summed E-state index contributed by atoms with van der Waals surface area (Å²) >= 11 is 18.0. The summed E-state index contributed by atoms with van der Waals surface area (Å²) in [6, 6.07) is 121. The van der Waals surface area contributed by atoms with E-state index < -0.39 is 11.4 Å². The number of halogens is 5. The first-order valence-corrected chi connectivity index (χ1v) is 55.0. The van der Waals surface area contributed by atoms with Gasteiger partial charge in [0.2, 0.25) is 0 Å². The van der Waals surface area contributed by atoms with Crippen molar-refractivity contribution in [2.75, 3.05) is 20.4 Å². The number of aliphatic hydroxyl groups is 1. The van der Waals surface area contributed by atoms with Gasteiger partial charge in [0, 0.05) is 30.4 Å². The fourth-order valence-corrected chi connectivity index (χ4v) is 18.2. The minimum absolute atomic E-state index is 0. The Morgan fingerprint density at radius 1 is 0.480 bits per heavy atom. The van der Waals surface area contributed by atoms with E-state index >= 15 is 0 Å². The largest absolute Gasteiger partial charge is 1.00 e. The quantitative estimate of drug-likeness (QED) is 0.0103. The van der Waals surface area contributed by atoms with Gasteiger partial charge in [-0.2, -0.15) is 13.3 Å². The molecule has 15 rings (SSSR count). The number of hydrogen-bond donors (Lipinski definition) is 1. The average molecular weight is 2130 g/mol. The van der Waals surface area contributed by atoms with Crippen LogP contribution in [-0.4, -0.2) is 42.3 Å². The van der Waals surface area contributed by atoms with Crippen LogP contribution >= 0.6 is 50.7 Å². The van der Waals surface area contributed by atoms with E-state index in [0.29, 0.717) is 60.6 Å². The fourth-order valence-electron chi connectivity index (χ4n) is 17.8. The minimum atomic E-state index is -1.00. The molecule has 8 nitrogen and oxygen atoms in total. The van der Waals surface area contributed by atoms with E-state index in [0.717, 1.165) is 103 Å². The minimum Gasteiger partial charge on any atom is -0.392 e. The molecule has 12 unspecified atom stereocenters. The first kappa shape index (κ1) is 137. The molecule has 2 heterocycles. The van der Waals surface area contributed by atoms with Crippen molar-refractivity contribution in [3.8, 4) is 0 Å². The molecule has 0 bridgehead atoms. The predicted molar refractivity (Wildman–Crippen MR) is 629 cm³/mol. The van der Waals surface area contributed by atoms with Crippen LogP contribution in [0.2, 0.25) is 0 Å². The zero-order chi connectivity index (χ0) is 106. The van der Waals surface area contributed by atoms with E-state index in [2.05, 4.69) is 428 Å². The maximum absolute atomic E-state index is 9.96. The molecule has 0 saturated carbocycles. The molecule has 1 N–H and O–H groups in total. The predicted octanol–water partition coefficient (Wildman–Crippen LogP) is 27.9. The van der Waals surface area contributed by atoms with Gasteiger partial charge in [0.15, 0.2) is 16.9 Å². The van der Waals surface area contributed by atoms with E-state index in [4.69, 9.17) is 66.2 Å². The molecule has 17 heteroatoms. The van der Waals surface area contributed by atoms with Crippen molar-refractivity contribution in [2.24, 2.45) is 23.7 Å². The molecular formula is C133H164BrCl3FLi3N3NaO5. The van der Waals surface area contributed by atoms with Crippen molar-refractivity contribution in [1.82, 2.24) is 0 Å². The molecule has 2 aliphatic heterocycles. The number of nitrogens with zero attached hydrogens (tertiary/aromatic N) is 3. The van der Waals surface area contributed by atoms with Crippen LogP contribution in [0.3, 0.4) is 0 Å². The van der Waals surface area contributed by atoms with Crippen molar-refractivity contribution in [2.45, 2.75) is 262 Å². The van der Waals surface area contributed by atoms with Crippen LogP contribution in [0.4, 0.5) is 4.39 Å². The van der Waals surface area contributed by atoms with Crippen molar-refractivity contribution < 1.29 is 116 Å². The van der Waals surface area contributed by atoms with Gasteiger partial charge in [0.25, 0.3) is 0 Å². The molecule has 12 atom stereocenters. The summed E-state index contributed by atoms with van der Waals surface area (Å²) in [6.07, 6.45) is 35.6. The number of ether oxygens (including phenoxy) is 4. The topological polar surface area (TPSA) is 116 Å². The Hall–Kier alpha value is -7.61. The Bertz CT molecular complexity index is 5420. The smallest absolute Gasteiger partial charge is 0.392 e. The van der Waals surface area contributed by atoms with Gasteiger partial charge in [-0.15, -0.1) is 47.8 Å². The van der Waals surface area contributed by atoms with Crippen LogP contribution in [0, 0.1) is 43.4 Å². The molecule has 3 aliphatic rings. The fraction of sp³-hybridized carbons (Fsp3) is 0.361. The molecular weight excluding hydrogens is 1970 g/mol. The standard InChI is InChI=1S/C32H39O2.C27H31Br.C27H32O.C20H22O2.C13H19.C8H8.C4H9.CHCl3.CH3F.3Li.N3.Na/c1-3-25(2)21-30(27-14-6-4-7-15-27)23-31(28-16-8-5-9-17-28)29-18-12-13-26(22-29)24-34-32-19-10-11-20-33-32;2*1-3-21(2)17-26(23-12-6-4-7-13-23)19-27(24-14-8-5-9-15-24)25-16-10-11-22(18-25)20-28;1-16(18-9-3-2-4-10-18)19-11-7-8-17(14-19)15-22-20-12-5-6-13-21-20;1-4-11(2)10-12(3)13-8-6-5-7-9-13;1-2-8-6-4-3-5-7-8;1-3-4-2;2-1(3)4;1-2;;;;1-3-2;/h4-9,12-18,22,25,30,32H,3,10-11,19-21,23-24H2,1-2H3;4-16,18,21,26-27H,3,17,19-20H2,1-2H3;4-16,18,21,26-28H,3,17,19-20H2,1-2H3;2-4,7-11,14,20H,1,5-6,12-13,15H2;5-9,11-12H,3-4,10H2,1-2H3;2-7H,1H2;3H,4H2,1-2H3;1H;1H3;;;;;/q-1;;;;-1;;-1;;;3*+1;-1;+1/i;;;;;;;;1D;;;;;. The molecule has 150 heavy (non-hydrogen) atoms. The van der Waals surface area contributed by atoms with Crippen LogP contribution in [0.1, 0.15) is 311 Å². The second-order valence-corrected chi connectivity index (χ2v) is 40.4. The number of rotatable bonds is 39. The maximum Gasteiger partial charge on any atom is 1.00 e. The summed E-state index contributed by atoms with van der Waals surface area (Å²) in [5.41, 5.74) is 37.9. The van der Waals surface area contributed by atoms with Crippen molar-refractivity contribution in [1.29, 1.82) is 0 Å². The molecule has 12 aromatic rings. The number of benzene rings is 12. The number of aliphatic hydroxyl groups excluding tert-OH is 1. The molecule has 0 spiro atoms. The second-order valence-electron chi connectivity index (χ2n) is 37.9. The summed E-state index contributed by atoms with van der Waals surface area (Å²) in [5.74, 6) is 5.66. The molecule has 2 fully saturated rings. The SMILES string of the molecule is C=C(c1ccccc1)c1cccc(COC2CCCCO2)c1.C=Cc1ccccc1.CCC(C)CC(CC(=C1C=CC=C[CH-]1)c1cccc(COC2CCCCO2)c1)c1ccccc1.CCC(C)CC(CC(c1ccccc1)c1cccc(CBr)c1)c1ccccc1.CCC(C)CC(CC(c1ccccc1)c1cccc(CO)c1)c1ccccc1.C[CH-]CC.ClC(Cl)Cl.[2H]CF.[CH2-]C(CC(C)CC)c1ccccc1.[Li+].[Li+].[Li+].[N-]=[N+]=[N-].[Na+]. The molecule has 0 aromatic heterocycles. The third kappa shape index (κ3) is 55.7. The van der Waals surface area contributed by atoms with E-state index in [-0.39, 0.29) is 105 Å². The first-order chi connectivity index (χ1) is 71.6. The third-order valence-electron chi connectivity index (χ3n) is 26.9. The Kier molecular flexibility index (Phi) is 78.0. The van der Waals surface area contributed by atoms with Crippen molar-refractivity contribution >= 4 is 68.0 Å². The van der Waals surface area contributed by atoms with Crippen LogP contribution in [0.5, 0.6) is 0 Å². The van der Waals surface area contributed by atoms with Gasteiger partial charge >= 0.3 is 86.1 Å². The number of hydrogen-bond acceptors (Lipinski definition) is 5. The summed E-state index contributed by atoms with van der Waals surface area (Å²) in [7, 11) is -1.00. The van der Waals surface area contributed by atoms with Crippen LogP contribution in [0.15, 0.2) is 383 Å². The van der Waals surface area contributed by atoms with Crippen LogP contribution in [-0.2, 0) is 44.1 Å². The summed E-state index contributed by atoms with van der Waals surface area (Å²) < 4.78 is 38.1. The third-order valence-corrected chi connectivity index (χ3v) is 27.6.